The van der Waals surface area contributed by atoms with Gasteiger partial charge in [0.25, 0.3) is 5.69 Å². The van der Waals surface area contributed by atoms with Crippen LogP contribution in [0.4, 0.5) is 10.1 Å². The van der Waals surface area contributed by atoms with Gasteiger partial charge in [0.05, 0.1) is 10.5 Å². The van der Waals surface area contributed by atoms with E-state index in [2.05, 4.69) is 0 Å². The van der Waals surface area contributed by atoms with Crippen LogP contribution in [0.1, 0.15) is 0 Å². The average Bonchev–Trinajstić information content (AvgIpc) is 2.30. The fraction of sp³-hybridized carbons (Fsp3) is 0. The van der Waals surface area contributed by atoms with Gasteiger partial charge in [0.1, 0.15) is 5.82 Å². The Kier molecular flexibility index (Phi) is 2.64. The van der Waals surface area contributed by atoms with Crippen molar-refractivity contribution in [3.05, 3.63) is 64.5 Å². The molecule has 0 heterocycles. The summed E-state index contributed by atoms with van der Waals surface area (Å²) in [7, 11) is 0. The Morgan fingerprint density at radius 2 is 1.62 bits per heavy atom. The summed E-state index contributed by atoms with van der Waals surface area (Å²) >= 11 is 0. The molecule has 4 heteroatoms. The van der Waals surface area contributed by atoms with Crippen LogP contribution in [-0.2, 0) is 0 Å². The van der Waals surface area contributed by atoms with Crippen molar-refractivity contribution in [2.45, 2.75) is 0 Å². The molecule has 0 aromatic heterocycles. The van der Waals surface area contributed by atoms with Gasteiger partial charge in [0.15, 0.2) is 0 Å². The Balaban J connectivity index is 2.55. The number of rotatable bonds is 2. The molecule has 2 rings (SSSR count). The number of halogens is 1. The Morgan fingerprint density at radius 3 is 2.25 bits per heavy atom. The third kappa shape index (κ3) is 1.91. The number of nitrogens with zero attached hydrogens (tertiary/aromatic N) is 1. The normalized spacial score (nSPS) is 10.1. The van der Waals surface area contributed by atoms with Gasteiger partial charge in [-0.3, -0.25) is 10.1 Å². The summed E-state index contributed by atoms with van der Waals surface area (Å²) in [5, 5.41) is 10.8. The Bertz CT molecular complexity index is 523. The van der Waals surface area contributed by atoms with Crippen LogP contribution in [0.2, 0.25) is 0 Å². The van der Waals surface area contributed by atoms with Crippen molar-refractivity contribution < 1.29 is 9.31 Å². The molecule has 0 spiro atoms. The molecule has 0 fully saturated rings. The van der Waals surface area contributed by atoms with Crippen LogP contribution in [0.3, 0.4) is 0 Å². The predicted octanol–water partition coefficient (Wildman–Crippen LogP) is 3.40. The first-order valence-electron chi connectivity index (χ1n) is 4.68. The van der Waals surface area contributed by atoms with Gasteiger partial charge in [-0.15, -0.1) is 0 Å². The molecule has 0 saturated carbocycles. The molecule has 0 radical (unpaired) electrons. The maximum atomic E-state index is 12.7. The molecule has 3 nitrogen and oxygen atoms in total. The number of nitro benzene ring substituents is 1. The maximum Gasteiger partial charge on any atom is 0.277 e. The molecule has 0 saturated heterocycles. The summed E-state index contributed by atoms with van der Waals surface area (Å²) < 4.78 is 12.7. The first-order chi connectivity index (χ1) is 7.68. The molecular weight excluding hydrogens is 209 g/mol. The minimum Gasteiger partial charge on any atom is -0.258 e. The third-order valence-electron chi connectivity index (χ3n) is 2.26. The molecule has 0 unspecified atom stereocenters. The lowest BCUT2D eigenvalue weighted by Gasteiger charge is -2.02. The van der Waals surface area contributed by atoms with E-state index in [0.29, 0.717) is 11.1 Å². The highest BCUT2D eigenvalue weighted by Gasteiger charge is 2.13. The lowest BCUT2D eigenvalue weighted by molar-refractivity contribution is -0.384. The zero-order valence-electron chi connectivity index (χ0n) is 8.26. The Morgan fingerprint density at radius 1 is 1.00 bits per heavy atom. The van der Waals surface area contributed by atoms with E-state index in [1.54, 1.807) is 18.2 Å². The van der Waals surface area contributed by atoms with Gasteiger partial charge in [-0.05, 0) is 23.8 Å². The number of nitro groups is 1. The summed E-state index contributed by atoms with van der Waals surface area (Å²) in [6.07, 6.45) is 0. The van der Waals surface area contributed by atoms with Crippen molar-refractivity contribution in [3.8, 4) is 11.1 Å². The molecule has 0 amide bonds. The van der Waals surface area contributed by atoms with Gasteiger partial charge in [-0.25, -0.2) is 4.39 Å². The lowest BCUT2D eigenvalue weighted by atomic mass is 10.0. The highest BCUT2D eigenvalue weighted by atomic mass is 19.1. The van der Waals surface area contributed by atoms with Crippen LogP contribution in [-0.4, -0.2) is 4.92 Å². The van der Waals surface area contributed by atoms with Gasteiger partial charge >= 0.3 is 0 Å². The van der Waals surface area contributed by atoms with E-state index >= 15 is 0 Å². The van der Waals surface area contributed by atoms with Crippen molar-refractivity contribution in [1.82, 2.24) is 0 Å². The van der Waals surface area contributed by atoms with Gasteiger partial charge < -0.3 is 0 Å². The van der Waals surface area contributed by atoms with E-state index in [4.69, 9.17) is 0 Å². The number of hydrogen-bond acceptors (Lipinski definition) is 2. The second-order valence-electron chi connectivity index (χ2n) is 3.28. The first kappa shape index (κ1) is 10.3. The monoisotopic (exact) mass is 217 g/mol. The smallest absolute Gasteiger partial charge is 0.258 e. The van der Waals surface area contributed by atoms with Crippen molar-refractivity contribution in [3.63, 3.8) is 0 Å². The van der Waals surface area contributed by atoms with Crippen LogP contribution >= 0.6 is 0 Å². The quantitative estimate of drug-likeness (QED) is 0.571. The van der Waals surface area contributed by atoms with E-state index in [1.165, 1.54) is 30.3 Å². The maximum absolute atomic E-state index is 12.7. The molecule has 0 bridgehead atoms. The van der Waals surface area contributed by atoms with Crippen molar-refractivity contribution >= 4 is 5.69 Å². The van der Waals surface area contributed by atoms with Gasteiger partial charge in [0.2, 0.25) is 0 Å². The molecule has 0 N–H and O–H groups in total. The summed E-state index contributed by atoms with van der Waals surface area (Å²) in [4.78, 5) is 10.3. The number of benzene rings is 2. The van der Waals surface area contributed by atoms with Gasteiger partial charge in [-0.1, -0.05) is 24.3 Å². The first-order valence-corrected chi connectivity index (χ1v) is 4.68. The standard InChI is InChI=1S/C12H8FNO2/c13-10-7-5-9(6-8-10)11-3-1-2-4-12(11)14(15)16/h1-8H. The largest absolute Gasteiger partial charge is 0.277 e. The molecule has 0 aliphatic heterocycles. The second-order valence-corrected chi connectivity index (χ2v) is 3.28. The fourth-order valence-electron chi connectivity index (χ4n) is 1.51. The van der Waals surface area contributed by atoms with E-state index in [0.717, 1.165) is 0 Å². The highest BCUT2D eigenvalue weighted by molar-refractivity contribution is 5.73. The SMILES string of the molecule is O=[N+]([O-])c1ccccc1-c1ccc(F)cc1. The van der Waals surface area contributed by atoms with E-state index < -0.39 is 4.92 Å². The minimum atomic E-state index is -0.446. The number of para-hydroxylation sites is 1. The summed E-state index contributed by atoms with van der Waals surface area (Å²) in [5.41, 5.74) is 1.15. The molecular formula is C12H8FNO2. The Hall–Kier alpha value is -2.23. The topological polar surface area (TPSA) is 43.1 Å². The van der Waals surface area contributed by atoms with E-state index in [9.17, 15) is 14.5 Å². The van der Waals surface area contributed by atoms with Crippen LogP contribution in [0.5, 0.6) is 0 Å². The molecule has 0 aliphatic rings. The second kappa shape index (κ2) is 4.10. The summed E-state index contributed by atoms with van der Waals surface area (Å²) in [5.74, 6) is -0.359. The molecule has 80 valence electrons. The van der Waals surface area contributed by atoms with Crippen molar-refractivity contribution in [2.24, 2.45) is 0 Å². The van der Waals surface area contributed by atoms with Crippen molar-refractivity contribution in [2.75, 3.05) is 0 Å². The Labute approximate surface area is 91.3 Å². The molecule has 0 aliphatic carbocycles. The van der Waals surface area contributed by atoms with Gasteiger partial charge in [-0.2, -0.15) is 0 Å². The predicted molar refractivity (Wildman–Crippen MR) is 58.5 cm³/mol. The molecule has 0 atom stereocenters. The van der Waals surface area contributed by atoms with E-state index in [-0.39, 0.29) is 11.5 Å². The lowest BCUT2D eigenvalue weighted by Crippen LogP contribution is -1.91. The zero-order chi connectivity index (χ0) is 11.5. The molecule has 2 aromatic carbocycles. The number of hydrogen-bond donors (Lipinski definition) is 0. The third-order valence-corrected chi connectivity index (χ3v) is 2.26. The minimum absolute atomic E-state index is 0.0223. The fourth-order valence-corrected chi connectivity index (χ4v) is 1.51. The van der Waals surface area contributed by atoms with Crippen LogP contribution in [0.15, 0.2) is 48.5 Å². The van der Waals surface area contributed by atoms with Crippen LogP contribution in [0, 0.1) is 15.9 Å². The van der Waals surface area contributed by atoms with Crippen LogP contribution < -0.4 is 0 Å². The summed E-state index contributed by atoms with van der Waals surface area (Å²) in [6, 6.07) is 12.0. The van der Waals surface area contributed by atoms with E-state index in [1.807, 2.05) is 0 Å². The van der Waals surface area contributed by atoms with Crippen molar-refractivity contribution in [1.29, 1.82) is 0 Å². The zero-order valence-corrected chi connectivity index (χ0v) is 8.26. The summed E-state index contributed by atoms with van der Waals surface area (Å²) in [6.45, 7) is 0. The van der Waals surface area contributed by atoms with Gasteiger partial charge in [0, 0.05) is 6.07 Å². The molecule has 2 aromatic rings. The molecule has 16 heavy (non-hydrogen) atoms. The average molecular weight is 217 g/mol. The highest BCUT2D eigenvalue weighted by Crippen LogP contribution is 2.29. The van der Waals surface area contributed by atoms with Crippen LogP contribution in [0.25, 0.3) is 11.1 Å².